The van der Waals surface area contributed by atoms with Gasteiger partial charge in [0.2, 0.25) is 11.8 Å². The van der Waals surface area contributed by atoms with Crippen LogP contribution in [0.1, 0.15) is 37.3 Å². The smallest absolute Gasteiger partial charge is 0.249 e. The van der Waals surface area contributed by atoms with Crippen molar-refractivity contribution in [2.75, 3.05) is 19.0 Å². The van der Waals surface area contributed by atoms with Crippen molar-refractivity contribution in [2.45, 2.75) is 33.1 Å². The highest BCUT2D eigenvalue weighted by atomic mass is 16.5. The molecule has 29 heavy (non-hydrogen) atoms. The van der Waals surface area contributed by atoms with E-state index in [9.17, 15) is 9.59 Å². The Morgan fingerprint density at radius 3 is 2.62 bits per heavy atom. The van der Waals surface area contributed by atoms with E-state index in [-0.39, 0.29) is 6.42 Å². The maximum Gasteiger partial charge on any atom is 0.249 e. The van der Waals surface area contributed by atoms with Crippen molar-refractivity contribution in [2.24, 2.45) is 5.10 Å². The molecule has 2 amide bonds. The molecule has 0 aromatic heterocycles. The molecular formula is C22H27N3O4. The summed E-state index contributed by atoms with van der Waals surface area (Å²) in [5, 5.41) is 6.61. The van der Waals surface area contributed by atoms with E-state index < -0.39 is 11.8 Å². The third-order valence-corrected chi connectivity index (χ3v) is 4.09. The number of amides is 2. The lowest BCUT2D eigenvalue weighted by Crippen LogP contribution is -2.24. The van der Waals surface area contributed by atoms with Gasteiger partial charge in [0.1, 0.15) is 6.42 Å². The number of ether oxygens (including phenoxy) is 2. The van der Waals surface area contributed by atoms with Gasteiger partial charge in [0.15, 0.2) is 11.5 Å². The number of para-hydroxylation sites is 1. The maximum absolute atomic E-state index is 12.0. The molecule has 7 heteroatoms. The van der Waals surface area contributed by atoms with E-state index in [4.69, 9.17) is 9.47 Å². The number of unbranched alkanes of at least 4 members (excludes halogenated alkanes) is 1. The Hall–Kier alpha value is -3.35. The zero-order chi connectivity index (χ0) is 21.1. The number of hydrogen-bond acceptors (Lipinski definition) is 5. The Morgan fingerprint density at radius 1 is 1.10 bits per heavy atom. The lowest BCUT2D eigenvalue weighted by Gasteiger charge is -2.10. The average molecular weight is 397 g/mol. The monoisotopic (exact) mass is 397 g/mol. The minimum absolute atomic E-state index is 0.320. The minimum atomic E-state index is -0.501. The molecule has 0 fully saturated rings. The second-order valence-corrected chi connectivity index (χ2v) is 6.45. The molecule has 2 N–H and O–H groups in total. The van der Waals surface area contributed by atoms with E-state index >= 15 is 0 Å². The second-order valence-electron chi connectivity index (χ2n) is 6.45. The van der Waals surface area contributed by atoms with E-state index in [0.29, 0.717) is 23.8 Å². The molecule has 0 saturated heterocycles. The summed E-state index contributed by atoms with van der Waals surface area (Å²) in [6, 6.07) is 12.7. The number of aryl methyl sites for hydroxylation is 1. The number of hydrogen-bond donors (Lipinski definition) is 2. The van der Waals surface area contributed by atoms with Crippen LogP contribution in [0.15, 0.2) is 47.6 Å². The van der Waals surface area contributed by atoms with Crippen LogP contribution in [-0.2, 0) is 9.59 Å². The highest BCUT2D eigenvalue weighted by Gasteiger charge is 2.10. The van der Waals surface area contributed by atoms with Crippen molar-refractivity contribution in [3.05, 3.63) is 53.6 Å². The van der Waals surface area contributed by atoms with Crippen LogP contribution in [-0.4, -0.2) is 31.7 Å². The van der Waals surface area contributed by atoms with Gasteiger partial charge in [-0.1, -0.05) is 31.5 Å². The average Bonchev–Trinajstić information content (AvgIpc) is 2.70. The van der Waals surface area contributed by atoms with Crippen LogP contribution >= 0.6 is 0 Å². The SMILES string of the molecule is CCCCOc1ccc(C=NNC(=O)CC(=O)Nc2ccccc2C)cc1OC. The molecule has 0 aliphatic carbocycles. The number of benzene rings is 2. The molecule has 0 saturated carbocycles. The van der Waals surface area contributed by atoms with Crippen molar-refractivity contribution < 1.29 is 19.1 Å². The minimum Gasteiger partial charge on any atom is -0.493 e. The van der Waals surface area contributed by atoms with Gasteiger partial charge in [-0.15, -0.1) is 0 Å². The van der Waals surface area contributed by atoms with Crippen LogP contribution in [0.5, 0.6) is 11.5 Å². The third kappa shape index (κ3) is 7.29. The fourth-order valence-electron chi connectivity index (χ4n) is 2.48. The third-order valence-electron chi connectivity index (χ3n) is 4.09. The second kappa shape index (κ2) is 11.5. The van der Waals surface area contributed by atoms with Gasteiger partial charge in [-0.25, -0.2) is 5.43 Å². The molecule has 0 aliphatic rings. The summed E-state index contributed by atoms with van der Waals surface area (Å²) in [7, 11) is 1.57. The molecule has 0 heterocycles. The Morgan fingerprint density at radius 2 is 1.90 bits per heavy atom. The molecule has 0 atom stereocenters. The van der Waals surface area contributed by atoms with Gasteiger partial charge < -0.3 is 14.8 Å². The first-order valence-corrected chi connectivity index (χ1v) is 9.51. The number of nitrogens with zero attached hydrogens (tertiary/aromatic N) is 1. The van der Waals surface area contributed by atoms with Crippen LogP contribution < -0.4 is 20.2 Å². The number of anilines is 1. The Bertz CT molecular complexity index is 865. The van der Waals surface area contributed by atoms with Crippen LogP contribution in [0.4, 0.5) is 5.69 Å². The zero-order valence-corrected chi connectivity index (χ0v) is 17.0. The van der Waals surface area contributed by atoms with Gasteiger partial charge in [0.25, 0.3) is 0 Å². The first-order valence-electron chi connectivity index (χ1n) is 9.51. The normalized spacial score (nSPS) is 10.6. The topological polar surface area (TPSA) is 89.0 Å². The molecule has 0 spiro atoms. The summed E-state index contributed by atoms with van der Waals surface area (Å²) < 4.78 is 11.0. The maximum atomic E-state index is 12.0. The number of carbonyl (C=O) groups is 2. The van der Waals surface area contributed by atoms with Gasteiger partial charge in [0.05, 0.1) is 19.9 Å². The van der Waals surface area contributed by atoms with Crippen molar-refractivity contribution in [1.82, 2.24) is 5.43 Å². The van der Waals surface area contributed by atoms with Gasteiger partial charge in [-0.05, 0) is 48.7 Å². The van der Waals surface area contributed by atoms with E-state index in [1.54, 1.807) is 25.3 Å². The summed E-state index contributed by atoms with van der Waals surface area (Å²) in [6.07, 6.45) is 3.18. The quantitative estimate of drug-likeness (QED) is 0.277. The van der Waals surface area contributed by atoms with Gasteiger partial charge >= 0.3 is 0 Å². The van der Waals surface area contributed by atoms with E-state index in [1.807, 2.05) is 31.2 Å². The Kier molecular flexibility index (Phi) is 8.69. The summed E-state index contributed by atoms with van der Waals surface area (Å²) in [4.78, 5) is 23.9. The molecule has 0 aliphatic heterocycles. The lowest BCUT2D eigenvalue weighted by molar-refractivity contribution is -0.126. The molecule has 2 rings (SSSR count). The Labute approximate surface area is 171 Å². The number of carbonyl (C=O) groups excluding carboxylic acids is 2. The number of rotatable bonds is 10. The van der Waals surface area contributed by atoms with E-state index in [0.717, 1.165) is 24.0 Å². The van der Waals surface area contributed by atoms with Crippen molar-refractivity contribution in [3.8, 4) is 11.5 Å². The molecule has 154 valence electrons. The predicted octanol–water partition coefficient (Wildman–Crippen LogP) is 3.66. The largest absolute Gasteiger partial charge is 0.493 e. The van der Waals surface area contributed by atoms with Gasteiger partial charge in [-0.3, -0.25) is 9.59 Å². The van der Waals surface area contributed by atoms with Crippen LogP contribution in [0, 0.1) is 6.92 Å². The molecule has 0 unspecified atom stereocenters. The zero-order valence-electron chi connectivity index (χ0n) is 17.0. The first-order chi connectivity index (χ1) is 14.0. The van der Waals surface area contributed by atoms with Crippen LogP contribution in [0.25, 0.3) is 0 Å². The van der Waals surface area contributed by atoms with E-state index in [2.05, 4.69) is 22.8 Å². The fraction of sp³-hybridized carbons (Fsp3) is 0.318. The highest BCUT2D eigenvalue weighted by Crippen LogP contribution is 2.27. The molecule has 7 nitrogen and oxygen atoms in total. The molecule has 0 bridgehead atoms. The predicted molar refractivity (Wildman–Crippen MR) is 114 cm³/mol. The molecular weight excluding hydrogens is 370 g/mol. The summed E-state index contributed by atoms with van der Waals surface area (Å²) in [5.41, 5.74) is 4.69. The number of nitrogens with one attached hydrogen (secondary N) is 2. The highest BCUT2D eigenvalue weighted by molar-refractivity contribution is 6.04. The summed E-state index contributed by atoms with van der Waals surface area (Å²) in [5.74, 6) is 0.352. The van der Waals surface area contributed by atoms with Crippen molar-refractivity contribution in [3.63, 3.8) is 0 Å². The van der Waals surface area contributed by atoms with Crippen LogP contribution in [0.2, 0.25) is 0 Å². The van der Waals surface area contributed by atoms with Crippen LogP contribution in [0.3, 0.4) is 0 Å². The number of methoxy groups -OCH3 is 1. The Balaban J connectivity index is 1.86. The van der Waals surface area contributed by atoms with Crippen molar-refractivity contribution >= 4 is 23.7 Å². The molecule has 2 aromatic rings. The summed E-state index contributed by atoms with van der Waals surface area (Å²) >= 11 is 0. The molecule has 0 radical (unpaired) electrons. The van der Waals surface area contributed by atoms with E-state index in [1.165, 1.54) is 6.21 Å². The van der Waals surface area contributed by atoms with Gasteiger partial charge in [-0.2, -0.15) is 5.10 Å². The van der Waals surface area contributed by atoms with Crippen molar-refractivity contribution in [1.29, 1.82) is 0 Å². The standard InChI is InChI=1S/C22H27N3O4/c1-4-5-12-29-19-11-10-17(13-20(19)28-3)15-23-25-22(27)14-21(26)24-18-9-7-6-8-16(18)2/h6-11,13,15H,4-5,12,14H2,1-3H3,(H,24,26)(H,25,27). The van der Waals surface area contributed by atoms with Gasteiger partial charge in [0, 0.05) is 5.69 Å². The number of hydrazone groups is 1. The molecule has 2 aromatic carbocycles. The fourth-order valence-corrected chi connectivity index (χ4v) is 2.48. The lowest BCUT2D eigenvalue weighted by atomic mass is 10.2. The summed E-state index contributed by atoms with van der Waals surface area (Å²) in [6.45, 7) is 4.61. The first kappa shape index (κ1) is 21.9.